The van der Waals surface area contributed by atoms with Crippen LogP contribution in [0.1, 0.15) is 78.2 Å². The van der Waals surface area contributed by atoms with Gasteiger partial charge in [0, 0.05) is 19.1 Å². The average Bonchev–Trinajstić information content (AvgIpc) is 2.73. The van der Waals surface area contributed by atoms with Gasteiger partial charge in [-0.1, -0.05) is 58.0 Å². The molecule has 4 rings (SSSR count). The van der Waals surface area contributed by atoms with Crippen LogP contribution in [0.2, 0.25) is 0 Å². The first-order valence-corrected chi connectivity index (χ1v) is 11.8. The summed E-state index contributed by atoms with van der Waals surface area (Å²) >= 11 is 0. The number of likely N-dealkylation sites (tertiary alicyclic amines) is 1. The van der Waals surface area contributed by atoms with Crippen molar-refractivity contribution in [2.75, 3.05) is 13.1 Å². The third-order valence-electron chi connectivity index (χ3n) is 8.98. The molecule has 1 aromatic rings. The molecule has 1 saturated heterocycles. The molecule has 0 radical (unpaired) electrons. The molecule has 3 nitrogen and oxygen atoms in total. The van der Waals surface area contributed by atoms with Crippen LogP contribution in [0.4, 0.5) is 0 Å². The van der Waals surface area contributed by atoms with Crippen molar-refractivity contribution in [1.82, 2.24) is 4.90 Å². The highest BCUT2D eigenvalue weighted by atomic mass is 16.2. The van der Waals surface area contributed by atoms with Crippen LogP contribution in [0.3, 0.4) is 0 Å². The third-order valence-corrected chi connectivity index (χ3v) is 8.98. The second-order valence-electron chi connectivity index (χ2n) is 11.3. The van der Waals surface area contributed by atoms with Gasteiger partial charge in [0.05, 0.1) is 5.41 Å². The Bertz CT molecular complexity index is 744. The standard InChI is InChI=1S/C26H40N2O/c1-5-25(23(29)28-14-12-22(27)24(3,4)18-28)15-20-16-26(17-25,13-11-19(20)2)21-9-7-6-8-10-21/h6-10,19-20,22H,5,11-18,27H2,1-4H3/t19?,20?,22-,25?,26?/m0/s1. The molecule has 1 aromatic carbocycles. The predicted molar refractivity (Wildman–Crippen MR) is 120 cm³/mol. The number of amides is 1. The molecule has 2 N–H and O–H groups in total. The van der Waals surface area contributed by atoms with Gasteiger partial charge >= 0.3 is 0 Å². The Labute approximate surface area is 177 Å². The minimum atomic E-state index is -0.217. The monoisotopic (exact) mass is 396 g/mol. The molecular weight excluding hydrogens is 356 g/mol. The summed E-state index contributed by atoms with van der Waals surface area (Å²) in [5, 5.41) is 0. The van der Waals surface area contributed by atoms with E-state index in [4.69, 9.17) is 5.73 Å². The minimum Gasteiger partial charge on any atom is -0.342 e. The fraction of sp³-hybridized carbons (Fsp3) is 0.731. The topological polar surface area (TPSA) is 46.3 Å². The van der Waals surface area contributed by atoms with Crippen LogP contribution in [-0.4, -0.2) is 29.9 Å². The van der Waals surface area contributed by atoms with Gasteiger partial charge in [0.25, 0.3) is 0 Å². The molecule has 2 saturated carbocycles. The van der Waals surface area contributed by atoms with E-state index in [1.165, 1.54) is 24.8 Å². The van der Waals surface area contributed by atoms with E-state index >= 15 is 0 Å². The Balaban J connectivity index is 1.68. The molecule has 29 heavy (non-hydrogen) atoms. The second kappa shape index (κ2) is 7.41. The lowest BCUT2D eigenvalue weighted by Crippen LogP contribution is -2.59. The van der Waals surface area contributed by atoms with Crippen molar-refractivity contribution in [2.24, 2.45) is 28.4 Å². The number of fused-ring (bicyclic) bond motifs is 2. The van der Waals surface area contributed by atoms with Gasteiger partial charge in [-0.2, -0.15) is 0 Å². The smallest absolute Gasteiger partial charge is 0.228 e. The number of benzene rings is 1. The molecule has 0 aromatic heterocycles. The van der Waals surface area contributed by atoms with Gasteiger partial charge in [-0.15, -0.1) is 0 Å². The molecule has 4 unspecified atom stereocenters. The van der Waals surface area contributed by atoms with E-state index in [1.54, 1.807) is 0 Å². The number of nitrogens with two attached hydrogens (primary N) is 1. The summed E-state index contributed by atoms with van der Waals surface area (Å²) in [5.74, 6) is 1.79. The van der Waals surface area contributed by atoms with Gasteiger partial charge in [0.1, 0.15) is 0 Å². The summed E-state index contributed by atoms with van der Waals surface area (Å²) < 4.78 is 0. The van der Waals surface area contributed by atoms with Crippen LogP contribution >= 0.6 is 0 Å². The van der Waals surface area contributed by atoms with Crippen molar-refractivity contribution in [3.05, 3.63) is 35.9 Å². The van der Waals surface area contributed by atoms with Crippen LogP contribution in [-0.2, 0) is 10.2 Å². The number of carbonyl (C=O) groups excluding carboxylic acids is 1. The van der Waals surface area contributed by atoms with Gasteiger partial charge in [0.2, 0.25) is 5.91 Å². The zero-order chi connectivity index (χ0) is 20.9. The van der Waals surface area contributed by atoms with E-state index in [-0.39, 0.29) is 22.3 Å². The van der Waals surface area contributed by atoms with Crippen LogP contribution in [0.15, 0.2) is 30.3 Å². The van der Waals surface area contributed by atoms with Crippen molar-refractivity contribution < 1.29 is 4.79 Å². The van der Waals surface area contributed by atoms with Gasteiger partial charge in [-0.25, -0.2) is 0 Å². The molecule has 1 heterocycles. The Morgan fingerprint density at radius 2 is 1.90 bits per heavy atom. The summed E-state index contributed by atoms with van der Waals surface area (Å²) in [6.07, 6.45) is 7.73. The SMILES string of the molecule is CCC1(C(=O)N2CC[C@H](N)C(C)(C)C2)CC2CC(c3ccccc3)(CCC2C)C1. The Morgan fingerprint density at radius 3 is 2.55 bits per heavy atom. The van der Waals surface area contributed by atoms with E-state index in [0.29, 0.717) is 11.8 Å². The van der Waals surface area contributed by atoms with Crippen molar-refractivity contribution in [1.29, 1.82) is 0 Å². The summed E-state index contributed by atoms with van der Waals surface area (Å²) in [5.41, 5.74) is 7.78. The summed E-state index contributed by atoms with van der Waals surface area (Å²) in [7, 11) is 0. The fourth-order valence-electron chi connectivity index (χ4n) is 6.82. The van der Waals surface area contributed by atoms with Crippen molar-refractivity contribution in [3.8, 4) is 0 Å². The highest BCUT2D eigenvalue weighted by Crippen LogP contribution is 2.60. The summed E-state index contributed by atoms with van der Waals surface area (Å²) in [6, 6.07) is 11.3. The highest BCUT2D eigenvalue weighted by Gasteiger charge is 2.56. The number of nitrogens with zero attached hydrogens (tertiary/aromatic N) is 1. The maximum absolute atomic E-state index is 14.1. The molecule has 2 bridgehead atoms. The molecule has 2 aliphatic carbocycles. The number of rotatable bonds is 3. The lowest BCUT2D eigenvalue weighted by atomic mass is 9.49. The first kappa shape index (κ1) is 20.9. The van der Waals surface area contributed by atoms with E-state index in [9.17, 15) is 4.79 Å². The first-order valence-electron chi connectivity index (χ1n) is 11.8. The van der Waals surface area contributed by atoms with Gasteiger partial charge < -0.3 is 10.6 Å². The number of carbonyl (C=O) groups is 1. The van der Waals surface area contributed by atoms with Crippen molar-refractivity contribution in [2.45, 2.75) is 84.1 Å². The van der Waals surface area contributed by atoms with Crippen LogP contribution in [0, 0.1) is 22.7 Å². The summed E-state index contributed by atoms with van der Waals surface area (Å²) in [6.45, 7) is 10.7. The number of hydrogen-bond donors (Lipinski definition) is 1. The van der Waals surface area contributed by atoms with Gasteiger partial charge in [-0.05, 0) is 73.2 Å². The van der Waals surface area contributed by atoms with Crippen molar-refractivity contribution in [3.63, 3.8) is 0 Å². The largest absolute Gasteiger partial charge is 0.342 e. The van der Waals surface area contributed by atoms with Crippen LogP contribution in [0.25, 0.3) is 0 Å². The average molecular weight is 397 g/mol. The third kappa shape index (κ3) is 3.54. The molecule has 1 amide bonds. The van der Waals surface area contributed by atoms with Crippen molar-refractivity contribution >= 4 is 5.91 Å². The van der Waals surface area contributed by atoms with Crippen LogP contribution < -0.4 is 5.73 Å². The fourth-order valence-corrected chi connectivity index (χ4v) is 6.82. The molecule has 3 aliphatic rings. The van der Waals surface area contributed by atoms with Gasteiger partial charge in [-0.3, -0.25) is 4.79 Å². The zero-order valence-electron chi connectivity index (χ0n) is 18.9. The van der Waals surface area contributed by atoms with E-state index in [2.05, 4.69) is 62.9 Å². The van der Waals surface area contributed by atoms with Gasteiger partial charge in [0.15, 0.2) is 0 Å². The minimum absolute atomic E-state index is 0.00219. The number of hydrogen-bond acceptors (Lipinski definition) is 2. The molecule has 160 valence electrons. The molecule has 3 heteroatoms. The van der Waals surface area contributed by atoms with E-state index < -0.39 is 0 Å². The summed E-state index contributed by atoms with van der Waals surface area (Å²) in [4.78, 5) is 16.3. The normalized spacial score (nSPS) is 39.2. The van der Waals surface area contributed by atoms with Crippen LogP contribution in [0.5, 0.6) is 0 Å². The molecule has 1 aliphatic heterocycles. The Morgan fingerprint density at radius 1 is 1.17 bits per heavy atom. The van der Waals surface area contributed by atoms with E-state index in [1.807, 2.05) is 0 Å². The highest BCUT2D eigenvalue weighted by molar-refractivity contribution is 5.83. The molecular formula is C26H40N2O. The quantitative estimate of drug-likeness (QED) is 0.769. The lowest BCUT2D eigenvalue weighted by molar-refractivity contribution is -0.153. The molecule has 0 spiro atoms. The predicted octanol–water partition coefficient (Wildman–Crippen LogP) is 5.14. The Kier molecular flexibility index (Phi) is 5.34. The number of piperidine rings is 1. The first-order chi connectivity index (χ1) is 13.7. The Hall–Kier alpha value is -1.35. The zero-order valence-corrected chi connectivity index (χ0v) is 18.9. The lowest BCUT2D eigenvalue weighted by Gasteiger charge is -2.57. The second-order valence-corrected chi connectivity index (χ2v) is 11.3. The maximum atomic E-state index is 14.1. The molecule has 3 fully saturated rings. The maximum Gasteiger partial charge on any atom is 0.228 e. The molecule has 5 atom stereocenters. The van der Waals surface area contributed by atoms with E-state index in [0.717, 1.165) is 44.7 Å².